The lowest BCUT2D eigenvalue weighted by atomic mass is 9.81. The Hall–Kier alpha value is -2.89. The number of rotatable bonds is 2. The molecule has 0 bridgehead atoms. The fourth-order valence-corrected chi connectivity index (χ4v) is 2.31. The van der Waals surface area contributed by atoms with Gasteiger partial charge in [-0.15, -0.1) is 0 Å². The minimum atomic E-state index is -1.34. The number of nitrogens with one attached hydrogen (secondary N) is 1. The van der Waals surface area contributed by atoms with Gasteiger partial charge in [-0.25, -0.2) is 4.98 Å². The van der Waals surface area contributed by atoms with Crippen LogP contribution in [0.1, 0.15) is 0 Å². The van der Waals surface area contributed by atoms with Crippen molar-refractivity contribution < 1.29 is 10.0 Å². The molecule has 24 heavy (non-hydrogen) atoms. The highest BCUT2D eigenvalue weighted by molar-refractivity contribution is 6.58. The van der Waals surface area contributed by atoms with Gasteiger partial charge in [0.15, 0.2) is 0 Å². The lowest BCUT2D eigenvalue weighted by Gasteiger charge is -1.94. The number of aromatic amines is 1. The number of benzene rings is 3. The molecule has 1 heterocycles. The van der Waals surface area contributed by atoms with Crippen LogP contribution in [0, 0.1) is 0 Å². The number of fused-ring (bicyclic) bond motifs is 1. The zero-order chi connectivity index (χ0) is 16.8. The van der Waals surface area contributed by atoms with Gasteiger partial charge in [0.25, 0.3) is 0 Å². The Balaban J connectivity index is 0.000000162. The van der Waals surface area contributed by atoms with E-state index < -0.39 is 7.12 Å². The van der Waals surface area contributed by atoms with Crippen LogP contribution in [0.15, 0.2) is 84.9 Å². The van der Waals surface area contributed by atoms with Crippen LogP contribution >= 0.6 is 0 Å². The first-order valence-electron chi connectivity index (χ1n) is 7.65. The van der Waals surface area contributed by atoms with Crippen LogP contribution in [0.25, 0.3) is 22.4 Å². The zero-order valence-electron chi connectivity index (χ0n) is 13.0. The Bertz CT molecular complexity index is 860. The summed E-state index contributed by atoms with van der Waals surface area (Å²) in [4.78, 5) is 7.83. The first-order valence-corrected chi connectivity index (χ1v) is 7.65. The molecule has 118 valence electrons. The van der Waals surface area contributed by atoms with Gasteiger partial charge in [0.2, 0.25) is 0 Å². The lowest BCUT2D eigenvalue weighted by Crippen LogP contribution is -2.29. The van der Waals surface area contributed by atoms with Gasteiger partial charge in [-0.3, -0.25) is 0 Å². The van der Waals surface area contributed by atoms with Crippen LogP contribution < -0.4 is 5.46 Å². The lowest BCUT2D eigenvalue weighted by molar-refractivity contribution is 0.426. The third-order valence-electron chi connectivity index (χ3n) is 3.53. The molecular formula is C19H17BN2O2. The molecule has 0 atom stereocenters. The summed E-state index contributed by atoms with van der Waals surface area (Å²) in [6, 6.07) is 26.9. The second kappa shape index (κ2) is 7.59. The summed E-state index contributed by atoms with van der Waals surface area (Å²) >= 11 is 0. The molecule has 3 N–H and O–H groups in total. The predicted octanol–water partition coefficient (Wildman–Crippen LogP) is 2.60. The predicted molar refractivity (Wildman–Crippen MR) is 97.8 cm³/mol. The maximum absolute atomic E-state index is 8.58. The third kappa shape index (κ3) is 3.90. The average molecular weight is 316 g/mol. The minimum absolute atomic E-state index is 0.525. The van der Waals surface area contributed by atoms with E-state index in [9.17, 15) is 0 Å². The monoisotopic (exact) mass is 316 g/mol. The minimum Gasteiger partial charge on any atom is -0.423 e. The molecule has 4 nitrogen and oxygen atoms in total. The topological polar surface area (TPSA) is 69.1 Å². The molecule has 0 spiro atoms. The van der Waals surface area contributed by atoms with Gasteiger partial charge in [0, 0.05) is 5.56 Å². The van der Waals surface area contributed by atoms with E-state index in [1.807, 2.05) is 48.5 Å². The number of nitrogens with zero attached hydrogens (tertiary/aromatic N) is 1. The van der Waals surface area contributed by atoms with Crippen molar-refractivity contribution in [3.05, 3.63) is 84.9 Å². The molecule has 0 fully saturated rings. The van der Waals surface area contributed by atoms with Crippen LogP contribution in [0.3, 0.4) is 0 Å². The number of aromatic nitrogens is 2. The van der Waals surface area contributed by atoms with Crippen molar-refractivity contribution in [2.45, 2.75) is 0 Å². The Kier molecular flexibility index (Phi) is 5.06. The quantitative estimate of drug-likeness (QED) is 0.498. The highest BCUT2D eigenvalue weighted by Gasteiger charge is 2.07. The smallest absolute Gasteiger partial charge is 0.423 e. The van der Waals surface area contributed by atoms with E-state index >= 15 is 0 Å². The van der Waals surface area contributed by atoms with E-state index in [-0.39, 0.29) is 0 Å². The number of imidazole rings is 1. The number of para-hydroxylation sites is 2. The Morgan fingerprint density at radius 3 is 1.88 bits per heavy atom. The van der Waals surface area contributed by atoms with Crippen molar-refractivity contribution in [3.8, 4) is 11.4 Å². The maximum atomic E-state index is 8.58. The van der Waals surface area contributed by atoms with Gasteiger partial charge >= 0.3 is 7.12 Å². The number of H-pyrrole nitrogens is 1. The van der Waals surface area contributed by atoms with E-state index in [4.69, 9.17) is 10.0 Å². The van der Waals surface area contributed by atoms with Gasteiger partial charge in [0.05, 0.1) is 11.0 Å². The molecule has 0 saturated heterocycles. The highest BCUT2D eigenvalue weighted by Crippen LogP contribution is 2.19. The molecule has 0 aliphatic carbocycles. The van der Waals surface area contributed by atoms with Gasteiger partial charge < -0.3 is 15.0 Å². The van der Waals surface area contributed by atoms with E-state index in [0.717, 1.165) is 22.4 Å². The molecule has 3 aromatic carbocycles. The standard InChI is InChI=1S/C13H10N2.C6H7BO2/c1-2-6-10(7-3-1)13-14-11-8-4-5-9-12(11)15-13;8-7(9)6-4-2-1-3-5-6/h1-9H,(H,14,15);1-5,8-9H. The fraction of sp³-hybridized carbons (Fsp3) is 0. The summed E-state index contributed by atoms with van der Waals surface area (Å²) in [6.45, 7) is 0. The third-order valence-corrected chi connectivity index (χ3v) is 3.53. The van der Waals surface area contributed by atoms with E-state index in [1.54, 1.807) is 24.3 Å². The van der Waals surface area contributed by atoms with Crippen molar-refractivity contribution >= 4 is 23.6 Å². The zero-order valence-corrected chi connectivity index (χ0v) is 13.0. The van der Waals surface area contributed by atoms with Crippen molar-refractivity contribution in [2.24, 2.45) is 0 Å². The van der Waals surface area contributed by atoms with E-state index in [0.29, 0.717) is 5.46 Å². The first kappa shape index (κ1) is 16.0. The fourth-order valence-electron chi connectivity index (χ4n) is 2.31. The summed E-state index contributed by atoms with van der Waals surface area (Å²) in [6.07, 6.45) is 0. The molecule has 0 aliphatic heterocycles. The van der Waals surface area contributed by atoms with Crippen molar-refractivity contribution in [1.82, 2.24) is 9.97 Å². The van der Waals surface area contributed by atoms with Crippen molar-refractivity contribution in [1.29, 1.82) is 0 Å². The summed E-state index contributed by atoms with van der Waals surface area (Å²) in [5, 5.41) is 17.2. The molecular weight excluding hydrogens is 299 g/mol. The van der Waals surface area contributed by atoms with Gasteiger partial charge in [-0.1, -0.05) is 72.8 Å². The molecule has 4 aromatic rings. The first-order chi connectivity index (χ1) is 11.7. The summed E-state index contributed by atoms with van der Waals surface area (Å²) in [7, 11) is -1.34. The van der Waals surface area contributed by atoms with E-state index in [2.05, 4.69) is 22.1 Å². The molecule has 0 radical (unpaired) electrons. The number of hydrogen-bond acceptors (Lipinski definition) is 3. The molecule has 0 aliphatic rings. The molecule has 0 amide bonds. The average Bonchev–Trinajstić information content (AvgIpc) is 3.08. The van der Waals surface area contributed by atoms with Gasteiger partial charge in [-0.2, -0.15) is 0 Å². The van der Waals surface area contributed by atoms with Crippen LogP contribution in [-0.2, 0) is 0 Å². The van der Waals surface area contributed by atoms with Crippen LogP contribution in [0.5, 0.6) is 0 Å². The molecule has 5 heteroatoms. The SMILES string of the molecule is OB(O)c1ccccc1.c1ccc(-c2nc3ccccc3[nH]2)cc1. The summed E-state index contributed by atoms with van der Waals surface area (Å²) < 4.78 is 0. The van der Waals surface area contributed by atoms with Crippen LogP contribution in [-0.4, -0.2) is 27.1 Å². The van der Waals surface area contributed by atoms with E-state index in [1.165, 1.54) is 0 Å². The van der Waals surface area contributed by atoms with Gasteiger partial charge in [0.1, 0.15) is 5.82 Å². The second-order valence-electron chi connectivity index (χ2n) is 5.25. The molecule has 0 saturated carbocycles. The molecule has 0 unspecified atom stereocenters. The van der Waals surface area contributed by atoms with Crippen molar-refractivity contribution in [3.63, 3.8) is 0 Å². The normalized spacial score (nSPS) is 10.1. The Morgan fingerprint density at radius 2 is 1.29 bits per heavy atom. The van der Waals surface area contributed by atoms with Crippen LogP contribution in [0.4, 0.5) is 0 Å². The Morgan fingerprint density at radius 1 is 0.708 bits per heavy atom. The van der Waals surface area contributed by atoms with Gasteiger partial charge in [-0.05, 0) is 17.6 Å². The second-order valence-corrected chi connectivity index (χ2v) is 5.25. The summed E-state index contributed by atoms with van der Waals surface area (Å²) in [5.74, 6) is 0.928. The summed E-state index contributed by atoms with van der Waals surface area (Å²) in [5.41, 5.74) is 3.74. The highest BCUT2D eigenvalue weighted by atomic mass is 16.4. The van der Waals surface area contributed by atoms with Crippen molar-refractivity contribution in [2.75, 3.05) is 0 Å². The van der Waals surface area contributed by atoms with Crippen LogP contribution in [0.2, 0.25) is 0 Å². The number of hydrogen-bond donors (Lipinski definition) is 3. The molecule has 1 aromatic heterocycles. The molecule has 4 rings (SSSR count). The maximum Gasteiger partial charge on any atom is 0.488 e. The Labute approximate surface area is 140 Å². The largest absolute Gasteiger partial charge is 0.488 e.